The summed E-state index contributed by atoms with van der Waals surface area (Å²) in [6.07, 6.45) is 37.8. The van der Waals surface area contributed by atoms with E-state index in [4.69, 9.17) is 0 Å². The number of aliphatic carboxylic acids is 2. The highest BCUT2D eigenvalue weighted by Gasteiger charge is 2.30. The van der Waals surface area contributed by atoms with Crippen LogP contribution in [-0.4, -0.2) is 22.2 Å². The first-order valence-corrected chi connectivity index (χ1v) is 13.6. The molecule has 2 N–H and O–H groups in total. The third kappa shape index (κ3) is 12.0. The minimum Gasteiger partial charge on any atom is -0.481 e. The van der Waals surface area contributed by atoms with Crippen molar-refractivity contribution in [1.82, 2.24) is 0 Å². The van der Waals surface area contributed by atoms with E-state index in [1.807, 2.05) is 141 Å². The van der Waals surface area contributed by atoms with Crippen molar-refractivity contribution in [1.29, 1.82) is 0 Å². The monoisotopic (exact) mass is 536 g/mol. The van der Waals surface area contributed by atoms with Crippen molar-refractivity contribution in [2.75, 3.05) is 0 Å². The average Bonchev–Trinajstić information content (AvgIpc) is 2.94. The van der Waals surface area contributed by atoms with Crippen molar-refractivity contribution in [2.45, 2.75) is 39.0 Å². The van der Waals surface area contributed by atoms with E-state index in [0.29, 0.717) is 6.42 Å². The highest BCUT2D eigenvalue weighted by atomic mass is 16.4. The molecule has 40 heavy (non-hydrogen) atoms. The minimum absolute atomic E-state index is 0.00202. The third-order valence-corrected chi connectivity index (χ3v) is 6.42. The van der Waals surface area contributed by atoms with Crippen molar-refractivity contribution in [2.24, 2.45) is 11.8 Å². The van der Waals surface area contributed by atoms with Gasteiger partial charge in [-0.1, -0.05) is 140 Å². The van der Waals surface area contributed by atoms with Crippen LogP contribution in [0.1, 0.15) is 50.2 Å². The molecule has 0 aromatic heterocycles. The Balaban J connectivity index is 2.37. The molecule has 0 aliphatic heterocycles. The van der Waals surface area contributed by atoms with Crippen LogP contribution in [0.2, 0.25) is 0 Å². The van der Waals surface area contributed by atoms with Crippen molar-refractivity contribution in [3.8, 4) is 0 Å². The molecule has 0 bridgehead atoms. The lowest BCUT2D eigenvalue weighted by atomic mass is 9.72. The summed E-state index contributed by atoms with van der Waals surface area (Å²) in [6, 6.07) is 7.93. The fourth-order valence-corrected chi connectivity index (χ4v) is 4.55. The van der Waals surface area contributed by atoms with Crippen molar-refractivity contribution in [3.63, 3.8) is 0 Å². The molecule has 0 spiro atoms. The Morgan fingerprint density at radius 2 is 1.43 bits per heavy atom. The van der Waals surface area contributed by atoms with E-state index in [1.54, 1.807) is 6.08 Å². The number of carboxylic acid groups (broad SMARTS) is 2. The fourth-order valence-electron chi connectivity index (χ4n) is 4.55. The Morgan fingerprint density at radius 3 is 2.05 bits per heavy atom. The van der Waals surface area contributed by atoms with E-state index >= 15 is 0 Å². The minimum atomic E-state index is -0.879. The summed E-state index contributed by atoms with van der Waals surface area (Å²) in [5, 5.41) is 19.0. The number of carboxylic acids is 2. The van der Waals surface area contributed by atoms with Crippen LogP contribution in [0.25, 0.3) is 6.08 Å². The van der Waals surface area contributed by atoms with Crippen LogP contribution in [0, 0.1) is 11.8 Å². The molecule has 4 heteroatoms. The molecule has 1 aliphatic rings. The first kappa shape index (κ1) is 31.8. The second-order valence-corrected chi connectivity index (χ2v) is 9.34. The van der Waals surface area contributed by atoms with Crippen molar-refractivity contribution >= 4 is 18.0 Å². The second-order valence-electron chi connectivity index (χ2n) is 9.34. The molecule has 0 amide bonds. The third-order valence-electron chi connectivity index (χ3n) is 6.42. The Morgan fingerprint density at radius 1 is 0.825 bits per heavy atom. The van der Waals surface area contributed by atoms with Crippen LogP contribution in [0.15, 0.2) is 139 Å². The number of allylic oxidation sites excluding steroid dienone is 18. The van der Waals surface area contributed by atoms with Gasteiger partial charge in [0, 0.05) is 11.8 Å². The molecule has 0 heterocycles. The molecule has 1 aliphatic carbocycles. The zero-order valence-corrected chi connectivity index (χ0v) is 23.3. The molecule has 0 unspecified atom stereocenters. The number of rotatable bonds is 14. The summed E-state index contributed by atoms with van der Waals surface area (Å²) >= 11 is 0. The van der Waals surface area contributed by atoms with Crippen LogP contribution in [0.4, 0.5) is 0 Å². The Bertz CT molecular complexity index is 1260. The van der Waals surface area contributed by atoms with Gasteiger partial charge in [-0.2, -0.15) is 0 Å². The van der Waals surface area contributed by atoms with Crippen LogP contribution in [-0.2, 0) is 9.59 Å². The van der Waals surface area contributed by atoms with Gasteiger partial charge in [0.2, 0.25) is 0 Å². The second kappa shape index (κ2) is 18.8. The normalized spacial score (nSPS) is 20.3. The topological polar surface area (TPSA) is 74.6 Å². The first-order valence-electron chi connectivity index (χ1n) is 13.6. The van der Waals surface area contributed by atoms with Gasteiger partial charge in [-0.05, 0) is 42.9 Å². The van der Waals surface area contributed by atoms with Crippen LogP contribution in [0.3, 0.4) is 0 Å². The average molecular weight is 537 g/mol. The van der Waals surface area contributed by atoms with Gasteiger partial charge >= 0.3 is 11.9 Å². The SMILES string of the molecule is C/C=C/C=C\C=C\C=C/c1ccccc1[C@@H](CC(=O)O)[C@@H]1C=C/C(=C\CC(=O)O)[C@@H](/C=C/C=C/C=C\C=C\C)C1. The lowest BCUT2D eigenvalue weighted by Gasteiger charge is -2.32. The maximum Gasteiger partial charge on any atom is 0.307 e. The molecule has 208 valence electrons. The molecular weight excluding hydrogens is 496 g/mol. The molecule has 0 fully saturated rings. The molecular formula is C36H40O4. The van der Waals surface area contributed by atoms with Crippen LogP contribution >= 0.6 is 0 Å². The Hall–Kier alpha value is -4.44. The molecule has 0 radical (unpaired) electrons. The molecule has 1 aromatic carbocycles. The maximum atomic E-state index is 12.0. The first-order chi connectivity index (χ1) is 19.5. The summed E-state index contributed by atoms with van der Waals surface area (Å²) in [4.78, 5) is 23.2. The highest BCUT2D eigenvalue weighted by Crippen LogP contribution is 2.41. The van der Waals surface area contributed by atoms with Crippen LogP contribution < -0.4 is 0 Å². The summed E-state index contributed by atoms with van der Waals surface area (Å²) in [7, 11) is 0. The van der Waals surface area contributed by atoms with Gasteiger partial charge in [0.15, 0.2) is 0 Å². The van der Waals surface area contributed by atoms with Gasteiger partial charge in [-0.25, -0.2) is 0 Å². The Labute approximate surface area is 238 Å². The van der Waals surface area contributed by atoms with Crippen LogP contribution in [0.5, 0.6) is 0 Å². The molecule has 2 rings (SSSR count). The number of benzene rings is 1. The zero-order valence-electron chi connectivity index (χ0n) is 23.3. The molecule has 0 saturated heterocycles. The van der Waals surface area contributed by atoms with E-state index in [1.165, 1.54) is 0 Å². The molecule has 1 aromatic rings. The van der Waals surface area contributed by atoms with E-state index in [-0.39, 0.29) is 30.6 Å². The molecule has 3 atom stereocenters. The number of hydrogen-bond donors (Lipinski definition) is 2. The van der Waals surface area contributed by atoms with E-state index in [9.17, 15) is 19.8 Å². The summed E-state index contributed by atoms with van der Waals surface area (Å²) < 4.78 is 0. The lowest BCUT2D eigenvalue weighted by molar-refractivity contribution is -0.138. The highest BCUT2D eigenvalue weighted by molar-refractivity contribution is 5.70. The maximum absolute atomic E-state index is 12.0. The number of carbonyl (C=O) groups is 2. The summed E-state index contributed by atoms with van der Waals surface area (Å²) in [5.41, 5.74) is 2.91. The predicted molar refractivity (Wildman–Crippen MR) is 167 cm³/mol. The van der Waals surface area contributed by atoms with Gasteiger partial charge in [0.1, 0.15) is 0 Å². The summed E-state index contributed by atoms with van der Waals surface area (Å²) in [5.74, 6) is -2.01. The van der Waals surface area contributed by atoms with Gasteiger partial charge in [-0.3, -0.25) is 9.59 Å². The lowest BCUT2D eigenvalue weighted by Crippen LogP contribution is -2.22. The number of hydrogen-bond acceptors (Lipinski definition) is 2. The van der Waals surface area contributed by atoms with Gasteiger partial charge in [0.05, 0.1) is 12.8 Å². The van der Waals surface area contributed by atoms with E-state index < -0.39 is 11.9 Å². The van der Waals surface area contributed by atoms with Gasteiger partial charge < -0.3 is 10.2 Å². The van der Waals surface area contributed by atoms with Crippen molar-refractivity contribution < 1.29 is 19.8 Å². The standard InChI is InChI=1S/C36H40O4/c1-3-5-7-9-11-13-15-19-30-20-17-18-22-33(30)34(28-36(39)40)32-24-23-29(25-26-35(37)38)31(27-32)21-16-14-12-10-8-6-4-2/h3-25,31-32,34H,26-28H2,1-2H3,(H,37,38)(H,39,40)/b5-3+,6-4+,9-7-,10-8-,13-11+,14-12+,19-15-,21-16+,29-25+/t31-,32+,34-/m0/s1. The quantitative estimate of drug-likeness (QED) is 0.233. The Kier molecular flexibility index (Phi) is 14.9. The summed E-state index contributed by atoms with van der Waals surface area (Å²) in [6.45, 7) is 3.92. The van der Waals surface area contributed by atoms with Crippen molar-refractivity contribution in [3.05, 3.63) is 150 Å². The smallest absolute Gasteiger partial charge is 0.307 e. The van der Waals surface area contributed by atoms with E-state index in [0.717, 1.165) is 16.7 Å². The fraction of sp³-hybridized carbons (Fsp3) is 0.222. The molecule has 0 saturated carbocycles. The predicted octanol–water partition coefficient (Wildman–Crippen LogP) is 8.78. The van der Waals surface area contributed by atoms with E-state index in [2.05, 4.69) is 6.08 Å². The van der Waals surface area contributed by atoms with Gasteiger partial charge in [-0.15, -0.1) is 0 Å². The molecule has 4 nitrogen and oxygen atoms in total. The van der Waals surface area contributed by atoms with Gasteiger partial charge in [0.25, 0.3) is 0 Å². The zero-order chi connectivity index (χ0) is 29.0. The largest absolute Gasteiger partial charge is 0.481 e.